The lowest BCUT2D eigenvalue weighted by Crippen LogP contribution is -2.48. The average molecular weight is 550 g/mol. The largest absolute Gasteiger partial charge is 0.507 e. The van der Waals surface area contributed by atoms with E-state index in [1.54, 1.807) is 24.7 Å². The van der Waals surface area contributed by atoms with Gasteiger partial charge >= 0.3 is 12.1 Å². The van der Waals surface area contributed by atoms with Gasteiger partial charge in [-0.1, -0.05) is 6.07 Å². The van der Waals surface area contributed by atoms with Crippen molar-refractivity contribution in [2.75, 3.05) is 37.7 Å². The lowest BCUT2D eigenvalue weighted by atomic mass is 9.91. The van der Waals surface area contributed by atoms with Crippen molar-refractivity contribution in [1.82, 2.24) is 30.7 Å². The van der Waals surface area contributed by atoms with Gasteiger partial charge in [-0.2, -0.15) is 18.3 Å². The van der Waals surface area contributed by atoms with Crippen molar-refractivity contribution in [1.29, 1.82) is 0 Å². The fourth-order valence-electron chi connectivity index (χ4n) is 4.44. The van der Waals surface area contributed by atoms with Gasteiger partial charge in [-0.05, 0) is 49.8 Å². The predicted molar refractivity (Wildman–Crippen MR) is 135 cm³/mol. The summed E-state index contributed by atoms with van der Waals surface area (Å²) in [6.07, 6.45) is 3.34. The van der Waals surface area contributed by atoms with Crippen LogP contribution in [0.1, 0.15) is 26.2 Å². The zero-order valence-corrected chi connectivity index (χ0v) is 21.3. The highest BCUT2D eigenvalue weighted by Gasteiger charge is 2.38. The molecule has 14 heteroatoms. The molecule has 210 valence electrons. The number of carbonyl (C=O) groups is 1. The maximum Gasteiger partial charge on any atom is 0.490 e. The first-order valence-electron chi connectivity index (χ1n) is 12.4. The van der Waals surface area contributed by atoms with E-state index >= 15 is 0 Å². The summed E-state index contributed by atoms with van der Waals surface area (Å²) < 4.78 is 37.2. The molecule has 0 spiro atoms. The normalized spacial score (nSPS) is 18.9. The number of hydrogen-bond donors (Lipinski definition) is 4. The maximum absolute atomic E-state index is 10.6. The topological polar surface area (TPSA) is 149 Å². The number of ether oxygens (including phenoxy) is 1. The number of rotatable bonds is 6. The third-order valence-corrected chi connectivity index (χ3v) is 6.88. The van der Waals surface area contributed by atoms with Gasteiger partial charge in [0.1, 0.15) is 11.4 Å². The molecule has 2 saturated heterocycles. The molecule has 3 aromatic rings. The van der Waals surface area contributed by atoms with E-state index in [0.29, 0.717) is 23.1 Å². The van der Waals surface area contributed by atoms with E-state index in [1.165, 1.54) is 0 Å². The number of H-pyrrole nitrogens is 1. The van der Waals surface area contributed by atoms with Crippen LogP contribution in [0.3, 0.4) is 0 Å². The standard InChI is InChI=1S/C23H29N7O2.C2HF3O2/c1-23(5-8-32-9-6-23)25-11-16-4-7-30(15-16)22-24-14-20(28-29-22)19-3-2-17(10-21(19)31)18-12-26-27-13-18;3-2(4,5)1(6)7/h2-3,10,12-14,16,25,31H,4-9,11,15H2,1H3,(H,26,27);(H,6,7). The Morgan fingerprint density at radius 2 is 1.97 bits per heavy atom. The van der Waals surface area contributed by atoms with Gasteiger partial charge in [0.15, 0.2) is 0 Å². The quantitative estimate of drug-likeness (QED) is 0.361. The van der Waals surface area contributed by atoms with E-state index in [4.69, 9.17) is 14.6 Å². The summed E-state index contributed by atoms with van der Waals surface area (Å²) in [5.74, 6) is -1.41. The smallest absolute Gasteiger partial charge is 0.490 e. The molecule has 2 aliphatic heterocycles. The van der Waals surface area contributed by atoms with E-state index in [9.17, 15) is 18.3 Å². The Labute approximate surface area is 222 Å². The minimum absolute atomic E-state index is 0.140. The summed E-state index contributed by atoms with van der Waals surface area (Å²) in [7, 11) is 0. The van der Waals surface area contributed by atoms with Crippen LogP contribution in [0, 0.1) is 5.92 Å². The van der Waals surface area contributed by atoms with E-state index in [0.717, 1.165) is 63.2 Å². The third-order valence-electron chi connectivity index (χ3n) is 6.88. The number of nitrogens with zero attached hydrogens (tertiary/aromatic N) is 5. The second-order valence-corrected chi connectivity index (χ2v) is 9.82. The number of nitrogens with one attached hydrogen (secondary N) is 2. The van der Waals surface area contributed by atoms with Gasteiger partial charge in [-0.15, -0.1) is 10.2 Å². The maximum atomic E-state index is 10.6. The van der Waals surface area contributed by atoms with E-state index < -0.39 is 12.1 Å². The zero-order chi connectivity index (χ0) is 28.0. The number of halogens is 3. The van der Waals surface area contributed by atoms with Gasteiger partial charge in [0, 0.05) is 55.7 Å². The Hall–Kier alpha value is -3.78. The molecule has 1 unspecified atom stereocenters. The first-order chi connectivity index (χ1) is 18.5. The third kappa shape index (κ3) is 7.41. The van der Waals surface area contributed by atoms with Crippen LogP contribution in [0.4, 0.5) is 19.1 Å². The Morgan fingerprint density at radius 3 is 2.56 bits per heavy atom. The van der Waals surface area contributed by atoms with Gasteiger partial charge in [0.25, 0.3) is 0 Å². The van der Waals surface area contributed by atoms with Crippen molar-refractivity contribution < 1.29 is 32.9 Å². The van der Waals surface area contributed by atoms with Crippen molar-refractivity contribution in [2.45, 2.75) is 37.9 Å². The number of aliphatic carboxylic acids is 1. The van der Waals surface area contributed by atoms with Crippen LogP contribution in [0.15, 0.2) is 36.8 Å². The molecule has 1 atom stereocenters. The average Bonchev–Trinajstić information content (AvgIpc) is 3.61. The van der Waals surface area contributed by atoms with Crippen LogP contribution < -0.4 is 10.2 Å². The molecule has 2 fully saturated rings. The Kier molecular flexibility index (Phi) is 8.65. The van der Waals surface area contributed by atoms with Crippen LogP contribution in [0.2, 0.25) is 0 Å². The van der Waals surface area contributed by atoms with E-state index in [-0.39, 0.29) is 11.3 Å². The lowest BCUT2D eigenvalue weighted by molar-refractivity contribution is -0.192. The SMILES string of the molecule is CC1(NCC2CCN(c3ncc(-c4ccc(-c5cn[nH]c5)cc4O)nn3)C2)CCOCC1.O=C(O)C(F)(F)F. The second-order valence-electron chi connectivity index (χ2n) is 9.82. The highest BCUT2D eigenvalue weighted by Crippen LogP contribution is 2.32. The summed E-state index contributed by atoms with van der Waals surface area (Å²) in [4.78, 5) is 15.6. The predicted octanol–water partition coefficient (Wildman–Crippen LogP) is 3.25. The Morgan fingerprint density at radius 1 is 1.23 bits per heavy atom. The van der Waals surface area contributed by atoms with Gasteiger partial charge in [-0.25, -0.2) is 9.78 Å². The highest BCUT2D eigenvalue weighted by atomic mass is 19.4. The van der Waals surface area contributed by atoms with Crippen LogP contribution in [-0.2, 0) is 9.53 Å². The number of aromatic nitrogens is 5. The van der Waals surface area contributed by atoms with Gasteiger partial charge in [0.05, 0.1) is 12.4 Å². The van der Waals surface area contributed by atoms with E-state index in [1.807, 2.05) is 12.1 Å². The molecule has 0 saturated carbocycles. The number of phenolic OH excluding ortho intramolecular Hbond substituents is 1. The van der Waals surface area contributed by atoms with Gasteiger partial charge in [-0.3, -0.25) is 5.10 Å². The number of alkyl halides is 3. The van der Waals surface area contributed by atoms with Crippen LogP contribution in [0.25, 0.3) is 22.4 Å². The number of anilines is 1. The van der Waals surface area contributed by atoms with Crippen LogP contribution in [0.5, 0.6) is 5.75 Å². The number of hydrogen-bond acceptors (Lipinski definition) is 9. The molecule has 39 heavy (non-hydrogen) atoms. The molecule has 11 nitrogen and oxygen atoms in total. The molecule has 0 bridgehead atoms. The molecular weight excluding hydrogens is 519 g/mol. The summed E-state index contributed by atoms with van der Waals surface area (Å²) >= 11 is 0. The molecule has 0 amide bonds. The fraction of sp³-hybridized carbons (Fsp3) is 0.480. The van der Waals surface area contributed by atoms with Gasteiger partial charge in [0.2, 0.25) is 5.95 Å². The first kappa shape index (κ1) is 28.2. The molecular formula is C25H30F3N7O4. The molecule has 0 aliphatic carbocycles. The molecule has 1 aromatic carbocycles. The van der Waals surface area contributed by atoms with Crippen LogP contribution in [-0.4, -0.2) is 86.1 Å². The minimum atomic E-state index is -5.08. The summed E-state index contributed by atoms with van der Waals surface area (Å²) in [5, 5.41) is 36.8. The Balaban J connectivity index is 0.000000448. The second kappa shape index (κ2) is 11.9. The van der Waals surface area contributed by atoms with Crippen molar-refractivity contribution in [2.24, 2.45) is 5.92 Å². The summed E-state index contributed by atoms with van der Waals surface area (Å²) in [6, 6.07) is 5.46. The number of benzene rings is 1. The summed E-state index contributed by atoms with van der Waals surface area (Å²) in [6.45, 7) is 6.82. The molecule has 4 N–H and O–H groups in total. The number of aromatic hydroxyl groups is 1. The highest BCUT2D eigenvalue weighted by molar-refractivity contribution is 5.73. The first-order valence-corrected chi connectivity index (χ1v) is 12.4. The number of aromatic amines is 1. The van der Waals surface area contributed by atoms with Crippen molar-refractivity contribution in [3.8, 4) is 28.1 Å². The lowest BCUT2D eigenvalue weighted by Gasteiger charge is -2.35. The fourth-order valence-corrected chi connectivity index (χ4v) is 4.44. The monoisotopic (exact) mass is 549 g/mol. The Bertz CT molecular complexity index is 1230. The van der Waals surface area contributed by atoms with Crippen molar-refractivity contribution >= 4 is 11.9 Å². The molecule has 2 aliphatic rings. The van der Waals surface area contributed by atoms with E-state index in [2.05, 4.69) is 42.5 Å². The number of phenols is 1. The van der Waals surface area contributed by atoms with Crippen LogP contribution >= 0.6 is 0 Å². The molecule has 2 aromatic heterocycles. The molecule has 0 radical (unpaired) electrons. The zero-order valence-electron chi connectivity index (χ0n) is 21.3. The van der Waals surface area contributed by atoms with Crippen molar-refractivity contribution in [3.05, 3.63) is 36.8 Å². The minimum Gasteiger partial charge on any atom is -0.507 e. The van der Waals surface area contributed by atoms with Crippen molar-refractivity contribution in [3.63, 3.8) is 0 Å². The summed E-state index contributed by atoms with van der Waals surface area (Å²) in [5.41, 5.74) is 3.13. The van der Waals surface area contributed by atoms with Gasteiger partial charge < -0.3 is 25.2 Å². The molecule has 4 heterocycles. The molecule has 5 rings (SSSR count). The number of carboxylic acids is 1. The number of carboxylic acid groups (broad SMARTS) is 1.